The Hall–Kier alpha value is -0.950. The summed E-state index contributed by atoms with van der Waals surface area (Å²) in [7, 11) is 0. The quantitative estimate of drug-likeness (QED) is 0.491. The number of nitrogens with zero attached hydrogens (tertiary/aromatic N) is 3. The van der Waals surface area contributed by atoms with Crippen molar-refractivity contribution in [2.24, 2.45) is 0 Å². The van der Waals surface area contributed by atoms with Gasteiger partial charge in [-0.05, 0) is 31.4 Å². The largest absolute Gasteiger partial charge is 0.324 e. The van der Waals surface area contributed by atoms with E-state index in [0.29, 0.717) is 26.7 Å². The monoisotopic (exact) mass is 418 g/mol. The van der Waals surface area contributed by atoms with Crippen molar-refractivity contribution in [2.45, 2.75) is 43.8 Å². The van der Waals surface area contributed by atoms with E-state index in [4.69, 9.17) is 34.8 Å². The summed E-state index contributed by atoms with van der Waals surface area (Å²) in [6, 6.07) is 3.05. The lowest BCUT2D eigenvalue weighted by Gasteiger charge is -2.10. The molecule has 1 amide bonds. The summed E-state index contributed by atoms with van der Waals surface area (Å²) >= 11 is 19.3. The molecule has 5 nitrogen and oxygen atoms in total. The topological polar surface area (TPSA) is 59.8 Å². The molecule has 2 aromatic rings. The first kappa shape index (κ1) is 18.8. The molecule has 1 aromatic heterocycles. The van der Waals surface area contributed by atoms with E-state index in [1.165, 1.54) is 30.7 Å². The molecule has 1 saturated carbocycles. The molecule has 1 heterocycles. The number of carbonyl (C=O) groups excluding carboxylic acids is 1. The Morgan fingerprint density at radius 3 is 2.64 bits per heavy atom. The van der Waals surface area contributed by atoms with E-state index in [0.717, 1.165) is 23.9 Å². The molecule has 134 valence electrons. The first-order chi connectivity index (χ1) is 12.0. The molecule has 1 fully saturated rings. The molecule has 1 aliphatic rings. The number of nitrogens with one attached hydrogen (secondary N) is 1. The van der Waals surface area contributed by atoms with Crippen LogP contribution in [0, 0.1) is 0 Å². The fourth-order valence-electron chi connectivity index (χ4n) is 2.42. The van der Waals surface area contributed by atoms with Gasteiger partial charge in [-0.25, -0.2) is 0 Å². The van der Waals surface area contributed by atoms with Gasteiger partial charge in [-0.1, -0.05) is 53.5 Å². The molecule has 0 bridgehead atoms. The molecule has 0 saturated heterocycles. The normalized spacial score (nSPS) is 13.9. The van der Waals surface area contributed by atoms with Gasteiger partial charge in [0.15, 0.2) is 5.16 Å². The first-order valence-corrected chi connectivity index (χ1v) is 10.1. The van der Waals surface area contributed by atoms with E-state index in [9.17, 15) is 4.79 Å². The van der Waals surface area contributed by atoms with E-state index in [1.54, 1.807) is 6.07 Å². The zero-order valence-corrected chi connectivity index (χ0v) is 16.6. The van der Waals surface area contributed by atoms with Crippen LogP contribution >= 0.6 is 46.6 Å². The molecular formula is C16H17Cl3N4OS. The number of halogens is 3. The van der Waals surface area contributed by atoms with Gasteiger partial charge in [-0.2, -0.15) is 0 Å². The van der Waals surface area contributed by atoms with Gasteiger partial charge in [0.2, 0.25) is 5.91 Å². The highest BCUT2D eigenvalue weighted by Gasteiger charge is 2.30. The first-order valence-electron chi connectivity index (χ1n) is 8.00. The fourth-order valence-corrected chi connectivity index (χ4v) is 3.78. The highest BCUT2D eigenvalue weighted by Crippen LogP contribution is 2.40. The minimum Gasteiger partial charge on any atom is -0.324 e. The number of amides is 1. The Bertz CT molecular complexity index is 792. The van der Waals surface area contributed by atoms with E-state index in [-0.39, 0.29) is 11.7 Å². The Balaban J connectivity index is 1.64. The fraction of sp³-hybridized carbons (Fsp3) is 0.438. The predicted molar refractivity (Wildman–Crippen MR) is 103 cm³/mol. The second-order valence-corrected chi connectivity index (χ2v) is 8.01. The van der Waals surface area contributed by atoms with Crippen LogP contribution in [-0.4, -0.2) is 26.4 Å². The molecule has 0 atom stereocenters. The summed E-state index contributed by atoms with van der Waals surface area (Å²) < 4.78 is 2.13. The van der Waals surface area contributed by atoms with Crippen LogP contribution in [0.5, 0.6) is 0 Å². The number of carbonyl (C=O) groups is 1. The molecular weight excluding hydrogens is 403 g/mol. The van der Waals surface area contributed by atoms with Crippen molar-refractivity contribution in [1.29, 1.82) is 0 Å². The summed E-state index contributed by atoms with van der Waals surface area (Å²) in [5, 5.41) is 13.1. The zero-order valence-electron chi connectivity index (χ0n) is 13.6. The van der Waals surface area contributed by atoms with E-state index in [1.807, 2.05) is 0 Å². The summed E-state index contributed by atoms with van der Waals surface area (Å²) in [6.45, 7) is 2.98. The van der Waals surface area contributed by atoms with Crippen molar-refractivity contribution in [3.8, 4) is 0 Å². The zero-order chi connectivity index (χ0) is 18.0. The van der Waals surface area contributed by atoms with Crippen LogP contribution < -0.4 is 5.32 Å². The van der Waals surface area contributed by atoms with Crippen molar-refractivity contribution in [3.63, 3.8) is 0 Å². The third kappa shape index (κ3) is 4.61. The van der Waals surface area contributed by atoms with E-state index < -0.39 is 0 Å². The number of thioether (sulfide) groups is 1. The molecule has 3 rings (SSSR count). The predicted octanol–water partition coefficient (Wildman–Crippen LogP) is 5.26. The molecule has 25 heavy (non-hydrogen) atoms. The lowest BCUT2D eigenvalue weighted by Crippen LogP contribution is -2.15. The summed E-state index contributed by atoms with van der Waals surface area (Å²) in [5.74, 6) is 1.59. The Morgan fingerprint density at radius 1 is 1.24 bits per heavy atom. The highest BCUT2D eigenvalue weighted by atomic mass is 35.5. The Labute approximate surface area is 165 Å². The minimum atomic E-state index is -0.190. The average molecular weight is 420 g/mol. The number of hydrogen-bond acceptors (Lipinski definition) is 4. The minimum absolute atomic E-state index is 0.190. The maximum absolute atomic E-state index is 12.2. The van der Waals surface area contributed by atoms with Crippen LogP contribution in [0.4, 0.5) is 5.69 Å². The van der Waals surface area contributed by atoms with Crippen molar-refractivity contribution in [2.75, 3.05) is 11.1 Å². The van der Waals surface area contributed by atoms with Crippen molar-refractivity contribution in [1.82, 2.24) is 14.8 Å². The second-order valence-electron chi connectivity index (χ2n) is 5.85. The van der Waals surface area contributed by atoms with Crippen molar-refractivity contribution in [3.05, 3.63) is 33.0 Å². The molecule has 1 N–H and O–H groups in total. The van der Waals surface area contributed by atoms with Gasteiger partial charge in [0.25, 0.3) is 0 Å². The second kappa shape index (κ2) is 8.16. The lowest BCUT2D eigenvalue weighted by molar-refractivity contribution is -0.113. The summed E-state index contributed by atoms with van der Waals surface area (Å²) in [6.07, 6.45) is 3.34. The van der Waals surface area contributed by atoms with Crippen LogP contribution in [0.25, 0.3) is 0 Å². The van der Waals surface area contributed by atoms with Gasteiger partial charge in [-0.15, -0.1) is 10.2 Å². The SMILES string of the molecule is CCCn1c(SCC(=O)Nc2cc(Cl)c(Cl)cc2Cl)nnc1C1CC1. The number of hydrogen-bond donors (Lipinski definition) is 1. The number of anilines is 1. The van der Waals surface area contributed by atoms with E-state index >= 15 is 0 Å². The molecule has 0 aliphatic heterocycles. The van der Waals surface area contributed by atoms with Gasteiger partial charge in [0.05, 0.1) is 26.5 Å². The Kier molecular flexibility index (Phi) is 6.15. The molecule has 0 spiro atoms. The number of rotatable bonds is 7. The highest BCUT2D eigenvalue weighted by molar-refractivity contribution is 7.99. The van der Waals surface area contributed by atoms with Crippen molar-refractivity contribution >= 4 is 58.2 Å². The van der Waals surface area contributed by atoms with Crippen molar-refractivity contribution < 1.29 is 4.79 Å². The molecule has 1 aromatic carbocycles. The third-order valence-corrected chi connectivity index (χ3v) is 5.75. The summed E-state index contributed by atoms with van der Waals surface area (Å²) in [5.41, 5.74) is 0.440. The van der Waals surface area contributed by atoms with Gasteiger partial charge in [0, 0.05) is 12.5 Å². The molecule has 1 aliphatic carbocycles. The number of benzene rings is 1. The van der Waals surface area contributed by atoms with Gasteiger partial charge in [0.1, 0.15) is 5.82 Å². The van der Waals surface area contributed by atoms with Gasteiger partial charge < -0.3 is 9.88 Å². The van der Waals surface area contributed by atoms with Crippen LogP contribution in [-0.2, 0) is 11.3 Å². The molecule has 0 unspecified atom stereocenters. The van der Waals surface area contributed by atoms with Gasteiger partial charge in [-0.3, -0.25) is 4.79 Å². The number of aromatic nitrogens is 3. The average Bonchev–Trinajstić information content (AvgIpc) is 3.33. The molecule has 9 heteroatoms. The van der Waals surface area contributed by atoms with E-state index in [2.05, 4.69) is 27.0 Å². The Morgan fingerprint density at radius 2 is 1.96 bits per heavy atom. The smallest absolute Gasteiger partial charge is 0.234 e. The lowest BCUT2D eigenvalue weighted by atomic mass is 10.3. The third-order valence-electron chi connectivity index (χ3n) is 3.75. The molecule has 0 radical (unpaired) electrons. The van der Waals surface area contributed by atoms with Crippen LogP contribution in [0.3, 0.4) is 0 Å². The standard InChI is InChI=1S/C16H17Cl3N4OS/c1-2-5-23-15(9-3-4-9)21-22-16(23)25-8-14(24)20-13-7-11(18)10(17)6-12(13)19/h6-7,9H,2-5,8H2,1H3,(H,20,24). The van der Waals surface area contributed by atoms with Crippen LogP contribution in [0.1, 0.15) is 37.9 Å². The maximum Gasteiger partial charge on any atom is 0.234 e. The van der Waals surface area contributed by atoms with Crippen LogP contribution in [0.2, 0.25) is 15.1 Å². The summed E-state index contributed by atoms with van der Waals surface area (Å²) in [4.78, 5) is 12.2. The maximum atomic E-state index is 12.2. The van der Waals surface area contributed by atoms with Crippen LogP contribution in [0.15, 0.2) is 17.3 Å². The van der Waals surface area contributed by atoms with Gasteiger partial charge >= 0.3 is 0 Å².